The lowest BCUT2D eigenvalue weighted by Crippen LogP contribution is -2.37. The van der Waals surface area contributed by atoms with Crippen molar-refractivity contribution in [1.29, 1.82) is 0 Å². The molecule has 0 aliphatic carbocycles. The van der Waals surface area contributed by atoms with Gasteiger partial charge in [0.05, 0.1) is 11.5 Å². The molecule has 0 unspecified atom stereocenters. The number of hydrogen-bond acceptors (Lipinski definition) is 2. The Morgan fingerprint density at radius 2 is 2.18 bits per heavy atom. The maximum Gasteiger partial charge on any atom is 0.254 e. The number of rotatable bonds is 4. The molecule has 0 bridgehead atoms. The van der Waals surface area contributed by atoms with E-state index < -0.39 is 5.82 Å². The highest BCUT2D eigenvalue weighted by atomic mass is 79.9. The minimum Gasteiger partial charge on any atom is -0.392 e. The van der Waals surface area contributed by atoms with E-state index in [1.54, 1.807) is 6.07 Å². The predicted octanol–water partition coefficient (Wildman–Crippen LogP) is 2.34. The van der Waals surface area contributed by atoms with Gasteiger partial charge in [0, 0.05) is 16.6 Å². The summed E-state index contributed by atoms with van der Waals surface area (Å²) in [4.78, 5) is 13.7. The zero-order valence-electron chi connectivity index (χ0n) is 9.24. The Morgan fingerprint density at radius 1 is 1.53 bits per heavy atom. The average molecular weight is 319 g/mol. The molecule has 0 saturated heterocycles. The Labute approximate surface area is 113 Å². The van der Waals surface area contributed by atoms with Crippen molar-refractivity contribution in [3.8, 4) is 0 Å². The fourth-order valence-electron chi connectivity index (χ4n) is 1.38. The summed E-state index contributed by atoms with van der Waals surface area (Å²) in [6, 6.07) is 4.05. The number of benzene rings is 1. The van der Waals surface area contributed by atoms with E-state index in [2.05, 4.69) is 15.9 Å². The predicted molar refractivity (Wildman–Crippen MR) is 72.5 cm³/mol. The van der Waals surface area contributed by atoms with Gasteiger partial charge in [0.25, 0.3) is 5.91 Å². The number of amides is 1. The highest BCUT2D eigenvalue weighted by Gasteiger charge is 2.16. The largest absolute Gasteiger partial charge is 0.392 e. The number of halogens is 2. The van der Waals surface area contributed by atoms with Crippen LogP contribution in [0.3, 0.4) is 0 Å². The first-order chi connectivity index (χ1) is 7.93. The molecule has 0 radical (unpaired) electrons. The van der Waals surface area contributed by atoms with Gasteiger partial charge < -0.3 is 10.6 Å². The Bertz CT molecular complexity index is 433. The first-order valence-electron chi connectivity index (χ1n) is 4.97. The van der Waals surface area contributed by atoms with Crippen molar-refractivity contribution in [3.63, 3.8) is 0 Å². The Balaban J connectivity index is 2.97. The molecule has 0 atom stereocenters. The van der Waals surface area contributed by atoms with E-state index in [0.717, 1.165) is 0 Å². The molecule has 6 heteroatoms. The molecule has 1 aromatic carbocycles. The van der Waals surface area contributed by atoms with Crippen molar-refractivity contribution in [3.05, 3.63) is 34.1 Å². The van der Waals surface area contributed by atoms with Crippen LogP contribution < -0.4 is 5.73 Å². The third-order valence-corrected chi connectivity index (χ3v) is 2.71. The van der Waals surface area contributed by atoms with Gasteiger partial charge in [-0.15, -0.1) is 0 Å². The third-order valence-electron chi connectivity index (χ3n) is 2.13. The van der Waals surface area contributed by atoms with Crippen molar-refractivity contribution >= 4 is 39.0 Å². The second-order valence-electron chi connectivity index (χ2n) is 3.44. The van der Waals surface area contributed by atoms with Gasteiger partial charge in [-0.1, -0.05) is 28.1 Å². The van der Waals surface area contributed by atoms with Crippen LogP contribution in [-0.4, -0.2) is 28.9 Å². The van der Waals surface area contributed by atoms with Gasteiger partial charge in [-0.2, -0.15) is 0 Å². The molecule has 0 heterocycles. The summed E-state index contributed by atoms with van der Waals surface area (Å²) in [7, 11) is 0. The van der Waals surface area contributed by atoms with Crippen molar-refractivity contribution in [2.45, 2.75) is 6.92 Å². The van der Waals surface area contributed by atoms with Crippen molar-refractivity contribution in [1.82, 2.24) is 4.90 Å². The SMILES string of the molecule is CCN(CC(N)=S)C(=O)c1cc(F)cc(Br)c1. The average Bonchev–Trinajstić information content (AvgIpc) is 2.23. The van der Waals surface area contributed by atoms with Crippen molar-refractivity contribution in [2.24, 2.45) is 5.73 Å². The molecule has 1 aromatic rings. The summed E-state index contributed by atoms with van der Waals surface area (Å²) < 4.78 is 13.7. The van der Waals surface area contributed by atoms with E-state index in [1.165, 1.54) is 17.0 Å². The minimum atomic E-state index is -0.464. The number of likely N-dealkylation sites (N-methyl/N-ethyl adjacent to an activating group) is 1. The zero-order valence-corrected chi connectivity index (χ0v) is 11.6. The van der Waals surface area contributed by atoms with Gasteiger partial charge in [-0.3, -0.25) is 4.79 Å². The van der Waals surface area contributed by atoms with Crippen molar-refractivity contribution in [2.75, 3.05) is 13.1 Å². The van der Waals surface area contributed by atoms with Crippen LogP contribution >= 0.6 is 28.1 Å². The van der Waals surface area contributed by atoms with Crippen LogP contribution in [0, 0.1) is 5.82 Å². The fraction of sp³-hybridized carbons (Fsp3) is 0.273. The van der Waals surface area contributed by atoms with Crippen LogP contribution in [0.25, 0.3) is 0 Å². The summed E-state index contributed by atoms with van der Waals surface area (Å²) in [5.41, 5.74) is 5.67. The highest BCUT2D eigenvalue weighted by molar-refractivity contribution is 9.10. The summed E-state index contributed by atoms with van der Waals surface area (Å²) >= 11 is 7.90. The molecule has 17 heavy (non-hydrogen) atoms. The van der Waals surface area contributed by atoms with Crippen LogP contribution in [0.2, 0.25) is 0 Å². The lowest BCUT2D eigenvalue weighted by Gasteiger charge is -2.20. The minimum absolute atomic E-state index is 0.193. The van der Waals surface area contributed by atoms with Gasteiger partial charge in [-0.05, 0) is 25.1 Å². The maximum absolute atomic E-state index is 13.2. The molecule has 0 aliphatic heterocycles. The van der Waals surface area contributed by atoms with Gasteiger partial charge >= 0.3 is 0 Å². The molecule has 0 aliphatic rings. The van der Waals surface area contributed by atoms with Crippen LogP contribution in [0.4, 0.5) is 4.39 Å². The monoisotopic (exact) mass is 318 g/mol. The number of thiocarbonyl (C=S) groups is 1. The summed E-state index contributed by atoms with van der Waals surface area (Å²) in [5.74, 6) is -0.755. The molecular formula is C11H12BrFN2OS. The molecule has 92 valence electrons. The Morgan fingerprint density at radius 3 is 2.65 bits per heavy atom. The number of nitrogens with zero attached hydrogens (tertiary/aromatic N) is 1. The number of hydrogen-bond donors (Lipinski definition) is 1. The summed E-state index contributed by atoms with van der Waals surface area (Å²) in [6.45, 7) is 2.47. The normalized spacial score (nSPS) is 10.1. The van der Waals surface area contributed by atoms with Crippen LogP contribution in [0.1, 0.15) is 17.3 Å². The van der Waals surface area contributed by atoms with E-state index in [4.69, 9.17) is 18.0 Å². The third kappa shape index (κ3) is 4.05. The molecule has 0 fully saturated rings. The fourth-order valence-corrected chi connectivity index (χ4v) is 2.00. The second-order valence-corrected chi connectivity index (χ2v) is 4.88. The molecule has 0 spiro atoms. The first kappa shape index (κ1) is 14.1. The highest BCUT2D eigenvalue weighted by Crippen LogP contribution is 2.16. The molecule has 2 N–H and O–H groups in total. The van der Waals surface area contributed by atoms with Gasteiger partial charge in [0.2, 0.25) is 0 Å². The molecule has 1 amide bonds. The molecule has 0 aromatic heterocycles. The van der Waals surface area contributed by atoms with Gasteiger partial charge in [0.15, 0.2) is 0 Å². The van der Waals surface area contributed by atoms with Gasteiger partial charge in [0.1, 0.15) is 5.82 Å². The number of carbonyl (C=O) groups excluding carboxylic acids is 1. The quantitative estimate of drug-likeness (QED) is 0.867. The van der Waals surface area contributed by atoms with E-state index in [9.17, 15) is 9.18 Å². The number of nitrogens with two attached hydrogens (primary N) is 1. The van der Waals surface area contributed by atoms with E-state index >= 15 is 0 Å². The summed E-state index contributed by atoms with van der Waals surface area (Å²) in [6.07, 6.45) is 0. The first-order valence-corrected chi connectivity index (χ1v) is 6.17. The second kappa shape index (κ2) is 6.07. The van der Waals surface area contributed by atoms with Crippen LogP contribution in [-0.2, 0) is 0 Å². The summed E-state index contributed by atoms with van der Waals surface area (Å²) in [5, 5.41) is 0. The Kier molecular flexibility index (Phi) is 5.02. The van der Waals surface area contributed by atoms with Gasteiger partial charge in [-0.25, -0.2) is 4.39 Å². The lowest BCUT2D eigenvalue weighted by atomic mass is 10.2. The van der Waals surface area contributed by atoms with E-state index in [-0.39, 0.29) is 23.0 Å². The Hall–Kier alpha value is -1.01. The van der Waals surface area contributed by atoms with E-state index in [0.29, 0.717) is 11.0 Å². The molecular weight excluding hydrogens is 307 g/mol. The van der Waals surface area contributed by atoms with Crippen LogP contribution in [0.5, 0.6) is 0 Å². The lowest BCUT2D eigenvalue weighted by molar-refractivity contribution is 0.0787. The van der Waals surface area contributed by atoms with Crippen molar-refractivity contribution < 1.29 is 9.18 Å². The molecule has 0 saturated carbocycles. The van der Waals surface area contributed by atoms with E-state index in [1.807, 2.05) is 6.92 Å². The maximum atomic E-state index is 13.2. The topological polar surface area (TPSA) is 46.3 Å². The number of carbonyl (C=O) groups is 1. The molecule has 3 nitrogen and oxygen atoms in total. The molecule has 1 rings (SSSR count). The standard InChI is InChI=1S/C11H12BrFN2OS/c1-2-15(6-10(14)17)11(16)7-3-8(12)5-9(13)4-7/h3-5H,2,6H2,1H3,(H2,14,17). The smallest absolute Gasteiger partial charge is 0.254 e. The van der Waals surface area contributed by atoms with Crippen LogP contribution in [0.15, 0.2) is 22.7 Å². The zero-order chi connectivity index (χ0) is 13.0.